The SMILES string of the molecule is COc1ccccc1N1CCN(C(=O)CNC(=O)c2ccc(F)c(F)c2)CC1. The minimum absolute atomic E-state index is 0.0345. The summed E-state index contributed by atoms with van der Waals surface area (Å²) in [6, 6.07) is 10.6. The van der Waals surface area contributed by atoms with Crippen molar-refractivity contribution in [2.24, 2.45) is 0 Å². The fourth-order valence-corrected chi connectivity index (χ4v) is 3.09. The van der Waals surface area contributed by atoms with E-state index in [1.165, 1.54) is 6.07 Å². The summed E-state index contributed by atoms with van der Waals surface area (Å²) >= 11 is 0. The molecular weight excluding hydrogens is 368 g/mol. The maximum atomic E-state index is 13.2. The van der Waals surface area contributed by atoms with Crippen LogP contribution < -0.4 is 15.0 Å². The Morgan fingerprint density at radius 1 is 1.04 bits per heavy atom. The minimum atomic E-state index is -1.11. The molecule has 1 saturated heterocycles. The van der Waals surface area contributed by atoms with E-state index in [0.29, 0.717) is 26.2 Å². The van der Waals surface area contributed by atoms with E-state index in [-0.39, 0.29) is 18.0 Å². The van der Waals surface area contributed by atoms with E-state index in [9.17, 15) is 18.4 Å². The number of benzene rings is 2. The van der Waals surface area contributed by atoms with Gasteiger partial charge in [-0.3, -0.25) is 9.59 Å². The van der Waals surface area contributed by atoms with Gasteiger partial charge in [0.1, 0.15) is 5.75 Å². The lowest BCUT2D eigenvalue weighted by atomic mass is 10.2. The van der Waals surface area contributed by atoms with Crippen LogP contribution in [0.3, 0.4) is 0 Å². The largest absolute Gasteiger partial charge is 0.495 e. The topological polar surface area (TPSA) is 61.9 Å². The summed E-state index contributed by atoms with van der Waals surface area (Å²) in [6.07, 6.45) is 0. The Hall–Kier alpha value is -3.16. The normalized spacial score (nSPS) is 14.0. The zero-order chi connectivity index (χ0) is 20.1. The summed E-state index contributed by atoms with van der Waals surface area (Å²) in [6.45, 7) is 2.11. The molecule has 1 heterocycles. The van der Waals surface area contributed by atoms with Crippen LogP contribution in [0.25, 0.3) is 0 Å². The third kappa shape index (κ3) is 4.39. The maximum absolute atomic E-state index is 13.2. The quantitative estimate of drug-likeness (QED) is 0.850. The molecule has 0 aromatic heterocycles. The third-order valence-corrected chi connectivity index (χ3v) is 4.64. The van der Waals surface area contributed by atoms with Gasteiger partial charge in [-0.15, -0.1) is 0 Å². The van der Waals surface area contributed by atoms with Crippen LogP contribution in [0.1, 0.15) is 10.4 Å². The minimum Gasteiger partial charge on any atom is -0.495 e. The summed E-state index contributed by atoms with van der Waals surface area (Å²) in [5, 5.41) is 2.45. The summed E-state index contributed by atoms with van der Waals surface area (Å²) < 4.78 is 31.5. The van der Waals surface area contributed by atoms with Crippen LogP contribution in [0, 0.1) is 11.6 Å². The van der Waals surface area contributed by atoms with Gasteiger partial charge in [0, 0.05) is 31.7 Å². The van der Waals surface area contributed by atoms with E-state index in [0.717, 1.165) is 23.6 Å². The van der Waals surface area contributed by atoms with Crippen LogP contribution in [0.4, 0.5) is 14.5 Å². The predicted molar refractivity (Wildman–Crippen MR) is 100 cm³/mol. The summed E-state index contributed by atoms with van der Waals surface area (Å²) in [4.78, 5) is 28.2. The van der Waals surface area contributed by atoms with E-state index in [2.05, 4.69) is 10.2 Å². The molecule has 1 aliphatic rings. The summed E-state index contributed by atoms with van der Waals surface area (Å²) in [7, 11) is 1.62. The van der Waals surface area contributed by atoms with Crippen LogP contribution in [-0.2, 0) is 4.79 Å². The van der Waals surface area contributed by atoms with Crippen molar-refractivity contribution in [1.29, 1.82) is 0 Å². The van der Waals surface area contributed by atoms with Gasteiger partial charge in [-0.2, -0.15) is 0 Å². The molecule has 6 nitrogen and oxygen atoms in total. The Kier molecular flexibility index (Phi) is 6.08. The third-order valence-electron chi connectivity index (χ3n) is 4.64. The van der Waals surface area contributed by atoms with E-state index in [4.69, 9.17) is 4.74 Å². The molecule has 0 saturated carbocycles. The van der Waals surface area contributed by atoms with Crippen molar-refractivity contribution in [3.63, 3.8) is 0 Å². The Morgan fingerprint density at radius 2 is 1.75 bits per heavy atom. The predicted octanol–water partition coefficient (Wildman–Crippen LogP) is 2.05. The van der Waals surface area contributed by atoms with E-state index >= 15 is 0 Å². The van der Waals surface area contributed by atoms with Gasteiger partial charge in [0.05, 0.1) is 19.3 Å². The lowest BCUT2D eigenvalue weighted by Gasteiger charge is -2.36. The number of para-hydroxylation sites is 2. The van der Waals surface area contributed by atoms with Gasteiger partial charge in [0.15, 0.2) is 11.6 Å². The lowest BCUT2D eigenvalue weighted by Crippen LogP contribution is -2.51. The molecule has 1 N–H and O–H groups in total. The van der Waals surface area contributed by atoms with Crippen molar-refractivity contribution in [1.82, 2.24) is 10.2 Å². The second-order valence-electron chi connectivity index (χ2n) is 6.35. The Balaban J connectivity index is 1.51. The molecule has 0 atom stereocenters. The van der Waals surface area contributed by atoms with Crippen molar-refractivity contribution in [3.8, 4) is 5.75 Å². The number of amides is 2. The Morgan fingerprint density at radius 3 is 2.43 bits per heavy atom. The average Bonchev–Trinajstić information content (AvgIpc) is 2.73. The van der Waals surface area contributed by atoms with Crippen LogP contribution in [0.15, 0.2) is 42.5 Å². The van der Waals surface area contributed by atoms with Gasteiger partial charge in [0.2, 0.25) is 5.91 Å². The zero-order valence-corrected chi connectivity index (χ0v) is 15.5. The van der Waals surface area contributed by atoms with E-state index in [1.807, 2.05) is 24.3 Å². The maximum Gasteiger partial charge on any atom is 0.251 e. The zero-order valence-electron chi connectivity index (χ0n) is 15.5. The molecule has 2 aromatic rings. The van der Waals surface area contributed by atoms with Crippen molar-refractivity contribution in [2.75, 3.05) is 44.7 Å². The number of anilines is 1. The van der Waals surface area contributed by atoms with Crippen LogP contribution >= 0.6 is 0 Å². The standard InChI is InChI=1S/C20H21F2N3O3/c1-28-18-5-3-2-4-17(18)24-8-10-25(11-9-24)19(26)13-23-20(27)14-6-7-15(21)16(22)12-14/h2-7,12H,8-11,13H2,1H3,(H,23,27). The molecule has 0 spiro atoms. The van der Waals surface area contributed by atoms with Gasteiger partial charge in [-0.1, -0.05) is 12.1 Å². The van der Waals surface area contributed by atoms with Crippen molar-refractivity contribution < 1.29 is 23.1 Å². The molecule has 148 valence electrons. The molecule has 1 fully saturated rings. The first kappa shape index (κ1) is 19.6. The number of rotatable bonds is 5. The summed E-state index contributed by atoms with van der Waals surface area (Å²) in [5.41, 5.74) is 0.941. The fraction of sp³-hybridized carbons (Fsp3) is 0.300. The Labute approximate surface area is 161 Å². The molecule has 0 radical (unpaired) electrons. The van der Waals surface area contributed by atoms with Gasteiger partial charge < -0.3 is 19.9 Å². The number of halogens is 2. The fourth-order valence-electron chi connectivity index (χ4n) is 3.09. The monoisotopic (exact) mass is 389 g/mol. The molecular formula is C20H21F2N3O3. The first-order valence-electron chi connectivity index (χ1n) is 8.88. The molecule has 8 heteroatoms. The second-order valence-corrected chi connectivity index (χ2v) is 6.35. The molecule has 0 bridgehead atoms. The average molecular weight is 389 g/mol. The number of hydrogen-bond acceptors (Lipinski definition) is 4. The number of methoxy groups -OCH3 is 1. The number of carbonyl (C=O) groups excluding carboxylic acids is 2. The summed E-state index contributed by atoms with van der Waals surface area (Å²) in [5.74, 6) is -2.21. The highest BCUT2D eigenvalue weighted by Gasteiger charge is 2.23. The molecule has 3 rings (SSSR count). The lowest BCUT2D eigenvalue weighted by molar-refractivity contribution is -0.130. The second kappa shape index (κ2) is 8.69. The molecule has 2 amide bonds. The number of carbonyl (C=O) groups is 2. The Bertz CT molecular complexity index is 868. The first-order valence-corrected chi connectivity index (χ1v) is 8.88. The van der Waals surface area contributed by atoms with E-state index < -0.39 is 17.5 Å². The van der Waals surface area contributed by atoms with Gasteiger partial charge in [-0.25, -0.2) is 8.78 Å². The highest BCUT2D eigenvalue weighted by molar-refractivity contribution is 5.96. The molecule has 2 aromatic carbocycles. The molecule has 1 aliphatic heterocycles. The van der Waals surface area contributed by atoms with Crippen molar-refractivity contribution >= 4 is 17.5 Å². The van der Waals surface area contributed by atoms with Gasteiger partial charge >= 0.3 is 0 Å². The molecule has 0 aliphatic carbocycles. The molecule has 0 unspecified atom stereocenters. The number of hydrogen-bond donors (Lipinski definition) is 1. The van der Waals surface area contributed by atoms with Crippen LogP contribution in [-0.4, -0.2) is 56.5 Å². The van der Waals surface area contributed by atoms with Crippen molar-refractivity contribution in [2.45, 2.75) is 0 Å². The number of nitrogens with zero attached hydrogens (tertiary/aromatic N) is 2. The van der Waals surface area contributed by atoms with E-state index in [1.54, 1.807) is 12.0 Å². The number of nitrogens with one attached hydrogen (secondary N) is 1. The smallest absolute Gasteiger partial charge is 0.251 e. The van der Waals surface area contributed by atoms with Crippen molar-refractivity contribution in [3.05, 3.63) is 59.7 Å². The van der Waals surface area contributed by atoms with Crippen LogP contribution in [0.5, 0.6) is 5.75 Å². The highest BCUT2D eigenvalue weighted by Crippen LogP contribution is 2.28. The number of piperazine rings is 1. The van der Waals surface area contributed by atoms with Gasteiger partial charge in [-0.05, 0) is 30.3 Å². The molecule has 28 heavy (non-hydrogen) atoms. The highest BCUT2D eigenvalue weighted by atomic mass is 19.2. The van der Waals surface area contributed by atoms with Gasteiger partial charge in [0.25, 0.3) is 5.91 Å². The number of ether oxygens (including phenoxy) is 1. The van der Waals surface area contributed by atoms with Crippen LogP contribution in [0.2, 0.25) is 0 Å². The first-order chi connectivity index (χ1) is 13.5.